The summed E-state index contributed by atoms with van der Waals surface area (Å²) in [4.78, 5) is 23.7. The van der Waals surface area contributed by atoms with Gasteiger partial charge in [-0.05, 0) is 64.6 Å². The van der Waals surface area contributed by atoms with E-state index in [4.69, 9.17) is 9.47 Å². The summed E-state index contributed by atoms with van der Waals surface area (Å²) in [5, 5.41) is 16.4. The van der Waals surface area contributed by atoms with Crippen LogP contribution in [0.5, 0.6) is 17.2 Å². The van der Waals surface area contributed by atoms with Crippen LogP contribution < -0.4 is 20.2 Å². The minimum absolute atomic E-state index is 0.00420. The first kappa shape index (κ1) is 21.5. The molecule has 0 bridgehead atoms. The molecule has 2 aromatic carbocycles. The standard InChI is InChI=1S/C19H20IN3O5/c1-27-14-5-3-13(4-6-14)22-17(24)7-8-18(25)23-21-11-12-9-15(20)19(26)16(10-12)28-2/h3-6,9-11,26H,7-8H2,1-2H3,(H,22,24)(H,23,25)/b21-11+. The van der Waals surface area contributed by atoms with Gasteiger partial charge in [0.1, 0.15) is 5.75 Å². The average Bonchev–Trinajstić information content (AvgIpc) is 2.69. The van der Waals surface area contributed by atoms with Crippen molar-refractivity contribution in [2.45, 2.75) is 12.8 Å². The van der Waals surface area contributed by atoms with E-state index in [0.717, 1.165) is 0 Å². The maximum atomic E-state index is 11.9. The highest BCUT2D eigenvalue weighted by atomic mass is 127. The van der Waals surface area contributed by atoms with Gasteiger partial charge in [0.2, 0.25) is 11.8 Å². The predicted molar refractivity (Wildman–Crippen MR) is 114 cm³/mol. The monoisotopic (exact) mass is 497 g/mol. The van der Waals surface area contributed by atoms with Gasteiger partial charge in [0.25, 0.3) is 0 Å². The number of carbonyl (C=O) groups excluding carboxylic acids is 2. The van der Waals surface area contributed by atoms with Gasteiger partial charge in [0.15, 0.2) is 11.5 Å². The first-order valence-corrected chi connectivity index (χ1v) is 9.33. The second-order valence-electron chi connectivity index (χ2n) is 5.62. The van der Waals surface area contributed by atoms with Crippen molar-refractivity contribution in [3.05, 3.63) is 45.5 Å². The fraction of sp³-hybridized carbons (Fsp3) is 0.211. The van der Waals surface area contributed by atoms with E-state index in [-0.39, 0.29) is 30.4 Å². The molecular weight excluding hydrogens is 477 g/mol. The lowest BCUT2D eigenvalue weighted by Gasteiger charge is -2.06. The van der Waals surface area contributed by atoms with Crippen LogP contribution >= 0.6 is 22.6 Å². The summed E-state index contributed by atoms with van der Waals surface area (Å²) in [5.41, 5.74) is 3.64. The van der Waals surface area contributed by atoms with E-state index in [1.54, 1.807) is 43.5 Å². The number of hydrogen-bond donors (Lipinski definition) is 3. The van der Waals surface area contributed by atoms with Gasteiger partial charge in [0, 0.05) is 18.5 Å². The molecule has 8 nitrogen and oxygen atoms in total. The lowest BCUT2D eigenvalue weighted by atomic mass is 10.2. The fourth-order valence-corrected chi connectivity index (χ4v) is 2.81. The van der Waals surface area contributed by atoms with Crippen molar-refractivity contribution in [2.24, 2.45) is 5.10 Å². The van der Waals surface area contributed by atoms with Gasteiger partial charge in [-0.15, -0.1) is 0 Å². The van der Waals surface area contributed by atoms with Gasteiger partial charge in [0.05, 0.1) is 24.0 Å². The number of rotatable bonds is 8. The molecule has 2 aromatic rings. The number of benzene rings is 2. The number of hydrogen-bond acceptors (Lipinski definition) is 6. The van der Waals surface area contributed by atoms with Crippen molar-refractivity contribution in [1.82, 2.24) is 5.43 Å². The van der Waals surface area contributed by atoms with Gasteiger partial charge < -0.3 is 19.9 Å². The number of phenols is 1. The summed E-state index contributed by atoms with van der Waals surface area (Å²) < 4.78 is 10.7. The van der Waals surface area contributed by atoms with E-state index < -0.39 is 0 Å². The highest BCUT2D eigenvalue weighted by Gasteiger charge is 2.09. The number of aromatic hydroxyl groups is 1. The summed E-state index contributed by atoms with van der Waals surface area (Å²) in [6.07, 6.45) is 1.45. The highest BCUT2D eigenvalue weighted by Crippen LogP contribution is 2.31. The zero-order valence-corrected chi connectivity index (χ0v) is 17.5. The number of hydrazone groups is 1. The minimum Gasteiger partial charge on any atom is -0.504 e. The minimum atomic E-state index is -0.387. The number of anilines is 1. The molecule has 2 rings (SSSR count). The van der Waals surface area contributed by atoms with Crippen LogP contribution in [0.2, 0.25) is 0 Å². The number of nitrogens with zero attached hydrogens (tertiary/aromatic N) is 1. The van der Waals surface area contributed by atoms with Crippen LogP contribution in [0.3, 0.4) is 0 Å². The molecule has 0 atom stereocenters. The smallest absolute Gasteiger partial charge is 0.240 e. The Balaban J connectivity index is 1.79. The number of ether oxygens (including phenoxy) is 2. The molecule has 0 heterocycles. The molecular formula is C19H20IN3O5. The summed E-state index contributed by atoms with van der Waals surface area (Å²) in [5.74, 6) is 0.391. The topological polar surface area (TPSA) is 109 Å². The van der Waals surface area contributed by atoms with E-state index in [1.807, 2.05) is 22.6 Å². The van der Waals surface area contributed by atoms with Crippen molar-refractivity contribution < 1.29 is 24.2 Å². The molecule has 0 aromatic heterocycles. The molecule has 0 radical (unpaired) electrons. The zero-order chi connectivity index (χ0) is 20.5. The maximum absolute atomic E-state index is 11.9. The van der Waals surface area contributed by atoms with Gasteiger partial charge in [-0.25, -0.2) is 5.43 Å². The average molecular weight is 497 g/mol. The van der Waals surface area contributed by atoms with E-state index >= 15 is 0 Å². The molecule has 9 heteroatoms. The Bertz CT molecular complexity index is 869. The SMILES string of the molecule is COc1ccc(NC(=O)CCC(=O)N/N=C/c2cc(I)c(O)c(OC)c2)cc1. The highest BCUT2D eigenvalue weighted by molar-refractivity contribution is 14.1. The first-order valence-electron chi connectivity index (χ1n) is 8.25. The zero-order valence-electron chi connectivity index (χ0n) is 15.4. The van der Waals surface area contributed by atoms with Gasteiger partial charge in [-0.2, -0.15) is 5.10 Å². The molecule has 0 saturated heterocycles. The third-order valence-corrected chi connectivity index (χ3v) is 4.45. The molecule has 0 saturated carbocycles. The Hall–Kier alpha value is -2.82. The summed E-state index contributed by atoms with van der Waals surface area (Å²) >= 11 is 1.97. The molecule has 0 spiro atoms. The van der Waals surface area contributed by atoms with Crippen LogP contribution in [0.25, 0.3) is 0 Å². The van der Waals surface area contributed by atoms with Crippen molar-refractivity contribution in [3.63, 3.8) is 0 Å². The Morgan fingerprint density at radius 2 is 1.79 bits per heavy atom. The molecule has 148 valence electrons. The van der Waals surface area contributed by atoms with Crippen LogP contribution in [0.1, 0.15) is 18.4 Å². The van der Waals surface area contributed by atoms with E-state index in [0.29, 0.717) is 26.3 Å². The number of halogens is 1. The van der Waals surface area contributed by atoms with Crippen LogP contribution in [-0.4, -0.2) is 37.4 Å². The van der Waals surface area contributed by atoms with Gasteiger partial charge in [-0.3, -0.25) is 9.59 Å². The van der Waals surface area contributed by atoms with E-state index in [2.05, 4.69) is 15.8 Å². The molecule has 0 fully saturated rings. The summed E-state index contributed by atoms with van der Waals surface area (Å²) in [6, 6.07) is 10.2. The van der Waals surface area contributed by atoms with Crippen molar-refractivity contribution in [3.8, 4) is 17.2 Å². The number of carbonyl (C=O) groups is 2. The van der Waals surface area contributed by atoms with Crippen molar-refractivity contribution in [1.29, 1.82) is 0 Å². The third-order valence-electron chi connectivity index (χ3n) is 3.63. The molecule has 3 N–H and O–H groups in total. The molecule has 0 aliphatic heterocycles. The Morgan fingerprint density at radius 3 is 2.43 bits per heavy atom. The molecule has 28 heavy (non-hydrogen) atoms. The number of phenolic OH excluding ortho intramolecular Hbond substituents is 1. The van der Waals surface area contributed by atoms with Gasteiger partial charge >= 0.3 is 0 Å². The number of nitrogens with one attached hydrogen (secondary N) is 2. The lowest BCUT2D eigenvalue weighted by Crippen LogP contribution is -2.20. The third kappa shape index (κ3) is 6.41. The van der Waals surface area contributed by atoms with Crippen LogP contribution in [0, 0.1) is 3.57 Å². The fourth-order valence-electron chi connectivity index (χ4n) is 2.18. The quantitative estimate of drug-likeness (QED) is 0.295. The second-order valence-corrected chi connectivity index (χ2v) is 6.79. The van der Waals surface area contributed by atoms with Crippen LogP contribution in [0.15, 0.2) is 41.5 Å². The normalized spacial score (nSPS) is 10.5. The second kappa shape index (κ2) is 10.5. The van der Waals surface area contributed by atoms with Crippen LogP contribution in [-0.2, 0) is 9.59 Å². The number of amides is 2. The number of methoxy groups -OCH3 is 2. The first-order chi connectivity index (χ1) is 13.4. The molecule has 0 aliphatic rings. The summed E-state index contributed by atoms with van der Waals surface area (Å²) in [7, 11) is 3.01. The lowest BCUT2D eigenvalue weighted by molar-refractivity contribution is -0.124. The molecule has 0 unspecified atom stereocenters. The van der Waals surface area contributed by atoms with Crippen molar-refractivity contribution in [2.75, 3.05) is 19.5 Å². The maximum Gasteiger partial charge on any atom is 0.240 e. The largest absolute Gasteiger partial charge is 0.504 e. The van der Waals surface area contributed by atoms with E-state index in [9.17, 15) is 14.7 Å². The Labute approximate surface area is 176 Å². The Kier molecular flexibility index (Phi) is 8.05. The Morgan fingerprint density at radius 1 is 1.11 bits per heavy atom. The molecule has 0 aliphatic carbocycles. The van der Waals surface area contributed by atoms with E-state index in [1.165, 1.54) is 13.3 Å². The van der Waals surface area contributed by atoms with Crippen LogP contribution in [0.4, 0.5) is 5.69 Å². The molecule has 2 amide bonds. The summed E-state index contributed by atoms with van der Waals surface area (Å²) in [6.45, 7) is 0. The predicted octanol–water partition coefficient (Wildman–Crippen LogP) is 2.88. The van der Waals surface area contributed by atoms with Gasteiger partial charge in [-0.1, -0.05) is 0 Å². The van der Waals surface area contributed by atoms with Crippen molar-refractivity contribution >= 4 is 46.3 Å².